The largest absolute Gasteiger partial charge is 0.417 e. The third kappa shape index (κ3) is 5.83. The number of rotatable bonds is 8. The molecule has 1 fully saturated rings. The van der Waals surface area contributed by atoms with Gasteiger partial charge in [0.25, 0.3) is 0 Å². The second-order valence-corrected chi connectivity index (χ2v) is 8.51. The van der Waals surface area contributed by atoms with Gasteiger partial charge in [-0.1, -0.05) is 50.5 Å². The Bertz CT molecular complexity index is 632. The summed E-state index contributed by atoms with van der Waals surface area (Å²) in [5.74, 6) is 0.335. The first-order valence-corrected chi connectivity index (χ1v) is 11.3. The molecule has 154 valence electrons. The van der Waals surface area contributed by atoms with Crippen molar-refractivity contribution in [3.05, 3.63) is 35.4 Å². The van der Waals surface area contributed by atoms with Crippen LogP contribution in [0.4, 0.5) is 4.79 Å². The normalized spacial score (nSPS) is 19.5. The Balaban J connectivity index is 1.33. The minimum atomic E-state index is -0.419. The molecule has 1 aromatic carbocycles. The molecule has 0 N–H and O–H groups in total. The Morgan fingerprint density at radius 3 is 2.50 bits per heavy atom. The van der Waals surface area contributed by atoms with Crippen molar-refractivity contribution < 1.29 is 14.3 Å². The number of hydrogen-bond acceptors (Lipinski definition) is 3. The van der Waals surface area contributed by atoms with Crippen molar-refractivity contribution in [2.24, 2.45) is 5.92 Å². The molecule has 4 nitrogen and oxygen atoms in total. The Labute approximate surface area is 169 Å². The molecule has 0 radical (unpaired) electrons. The molecule has 3 rings (SSSR count). The second-order valence-electron chi connectivity index (χ2n) is 8.51. The molecule has 1 heterocycles. The fourth-order valence-electron chi connectivity index (χ4n) is 4.74. The number of ether oxygens (including phenoxy) is 1. The Kier molecular flexibility index (Phi) is 7.93. The van der Waals surface area contributed by atoms with Crippen LogP contribution in [0.5, 0.6) is 0 Å². The molecule has 0 aromatic heterocycles. The van der Waals surface area contributed by atoms with E-state index in [1.807, 2.05) is 0 Å². The number of likely N-dealkylation sites (tertiary alicyclic amines) is 1. The number of piperidine rings is 1. The average molecular weight is 386 g/mol. The first-order chi connectivity index (χ1) is 13.7. The average Bonchev–Trinajstić information content (AvgIpc) is 3.12. The van der Waals surface area contributed by atoms with Gasteiger partial charge in [0.2, 0.25) is 0 Å². The summed E-state index contributed by atoms with van der Waals surface area (Å²) in [4.78, 5) is 26.4. The monoisotopic (exact) mass is 385 g/mol. The molecule has 1 saturated heterocycles. The molecule has 1 amide bonds. The van der Waals surface area contributed by atoms with Gasteiger partial charge in [-0.05, 0) is 68.4 Å². The van der Waals surface area contributed by atoms with Crippen LogP contribution in [0.2, 0.25) is 0 Å². The van der Waals surface area contributed by atoms with E-state index in [1.165, 1.54) is 11.1 Å². The lowest BCUT2D eigenvalue weighted by atomic mass is 9.98. The Hall–Kier alpha value is -1.84. The predicted molar refractivity (Wildman–Crippen MR) is 111 cm³/mol. The highest BCUT2D eigenvalue weighted by Crippen LogP contribution is 2.30. The van der Waals surface area contributed by atoms with Gasteiger partial charge in [-0.25, -0.2) is 4.79 Å². The van der Waals surface area contributed by atoms with Crippen molar-refractivity contribution in [3.63, 3.8) is 0 Å². The van der Waals surface area contributed by atoms with E-state index in [1.54, 1.807) is 4.90 Å². The van der Waals surface area contributed by atoms with Crippen LogP contribution in [0.15, 0.2) is 24.3 Å². The number of unbranched alkanes of at least 4 members (excludes halogenated alkanes) is 2. The summed E-state index contributed by atoms with van der Waals surface area (Å²) in [5, 5.41) is 0. The highest BCUT2D eigenvalue weighted by atomic mass is 16.6. The van der Waals surface area contributed by atoms with E-state index in [-0.39, 0.29) is 12.0 Å². The zero-order chi connectivity index (χ0) is 19.8. The molecule has 0 spiro atoms. The molecule has 1 aliphatic carbocycles. The fourth-order valence-corrected chi connectivity index (χ4v) is 4.74. The van der Waals surface area contributed by atoms with Gasteiger partial charge in [-0.15, -0.1) is 0 Å². The maximum atomic E-state index is 12.4. The Morgan fingerprint density at radius 1 is 1.04 bits per heavy atom. The van der Waals surface area contributed by atoms with Gasteiger partial charge < -0.3 is 9.64 Å². The summed E-state index contributed by atoms with van der Waals surface area (Å²) in [5.41, 5.74) is 2.97. The lowest BCUT2D eigenvalue weighted by Gasteiger charge is -2.34. The molecular formula is C24H35NO3. The van der Waals surface area contributed by atoms with Crippen molar-refractivity contribution in [3.8, 4) is 0 Å². The second kappa shape index (κ2) is 10.6. The molecule has 1 aromatic rings. The minimum Gasteiger partial charge on any atom is -0.376 e. The summed E-state index contributed by atoms with van der Waals surface area (Å²) in [6.45, 7) is 2.89. The summed E-state index contributed by atoms with van der Waals surface area (Å²) in [7, 11) is 0. The van der Waals surface area contributed by atoms with Crippen LogP contribution in [0.1, 0.15) is 82.3 Å². The number of benzene rings is 1. The first-order valence-electron chi connectivity index (χ1n) is 11.3. The molecule has 28 heavy (non-hydrogen) atoms. The number of hydrogen-bond donors (Lipinski definition) is 0. The molecule has 0 saturated carbocycles. The number of carbonyl (C=O) groups is 2. The minimum absolute atomic E-state index is 0.248. The van der Waals surface area contributed by atoms with Gasteiger partial charge in [0, 0.05) is 19.0 Å². The summed E-state index contributed by atoms with van der Waals surface area (Å²) < 4.78 is 5.17. The first kappa shape index (κ1) is 20.9. The van der Waals surface area contributed by atoms with E-state index >= 15 is 0 Å². The van der Waals surface area contributed by atoms with Gasteiger partial charge in [0.05, 0.1) is 0 Å². The zero-order valence-electron chi connectivity index (χ0n) is 17.3. The van der Waals surface area contributed by atoms with Crippen LogP contribution in [0, 0.1) is 5.92 Å². The maximum Gasteiger partial charge on any atom is 0.417 e. The Morgan fingerprint density at radius 2 is 1.79 bits per heavy atom. The smallest absolute Gasteiger partial charge is 0.376 e. The SMILES string of the molecule is CCCCC1CCCCN1C(=O)OC(=O)CCCCC1Cc2ccccc2C1. The van der Waals surface area contributed by atoms with E-state index in [4.69, 9.17) is 4.74 Å². The van der Waals surface area contributed by atoms with Crippen LogP contribution >= 0.6 is 0 Å². The van der Waals surface area contributed by atoms with E-state index < -0.39 is 6.09 Å². The van der Waals surface area contributed by atoms with Gasteiger partial charge in [0.15, 0.2) is 0 Å². The number of amides is 1. The topological polar surface area (TPSA) is 46.6 Å². The van der Waals surface area contributed by atoms with Gasteiger partial charge in [0.1, 0.15) is 0 Å². The highest BCUT2D eigenvalue weighted by Gasteiger charge is 2.28. The van der Waals surface area contributed by atoms with Crippen molar-refractivity contribution >= 4 is 12.1 Å². The predicted octanol–water partition coefficient (Wildman–Crippen LogP) is 5.67. The summed E-state index contributed by atoms with van der Waals surface area (Å²) in [6, 6.07) is 8.93. The quantitative estimate of drug-likeness (QED) is 0.329. The number of esters is 1. The van der Waals surface area contributed by atoms with Crippen molar-refractivity contribution in [2.75, 3.05) is 6.54 Å². The lowest BCUT2D eigenvalue weighted by Crippen LogP contribution is -2.44. The molecular weight excluding hydrogens is 350 g/mol. The standard InChI is InChI=1S/C24H35NO3/c1-2-3-13-22-14-8-9-16-25(22)24(27)28-23(26)15-7-4-10-19-17-20-11-5-6-12-21(20)18-19/h5-6,11-12,19,22H,2-4,7-10,13-18H2,1H3. The van der Waals surface area contributed by atoms with Gasteiger partial charge >= 0.3 is 12.1 Å². The van der Waals surface area contributed by atoms with Gasteiger partial charge in [-0.2, -0.15) is 0 Å². The molecule has 1 unspecified atom stereocenters. The third-order valence-electron chi connectivity index (χ3n) is 6.33. The fraction of sp³-hybridized carbons (Fsp3) is 0.667. The number of carbonyl (C=O) groups excluding carboxylic acids is 2. The molecule has 0 bridgehead atoms. The van der Waals surface area contributed by atoms with E-state index in [2.05, 4.69) is 31.2 Å². The van der Waals surface area contributed by atoms with E-state index in [0.717, 1.165) is 77.2 Å². The lowest BCUT2D eigenvalue weighted by molar-refractivity contribution is -0.138. The van der Waals surface area contributed by atoms with Crippen LogP contribution in [0.25, 0.3) is 0 Å². The van der Waals surface area contributed by atoms with Crippen molar-refractivity contribution in [1.29, 1.82) is 0 Å². The van der Waals surface area contributed by atoms with Crippen LogP contribution in [0.3, 0.4) is 0 Å². The number of fused-ring (bicyclic) bond motifs is 1. The summed E-state index contributed by atoms with van der Waals surface area (Å²) >= 11 is 0. The molecule has 1 atom stereocenters. The van der Waals surface area contributed by atoms with Crippen LogP contribution in [-0.4, -0.2) is 29.5 Å². The molecule has 1 aliphatic heterocycles. The van der Waals surface area contributed by atoms with Crippen LogP contribution in [-0.2, 0) is 22.4 Å². The summed E-state index contributed by atoms with van der Waals surface area (Å²) in [6.07, 6.45) is 11.7. The number of nitrogens with zero attached hydrogens (tertiary/aromatic N) is 1. The van der Waals surface area contributed by atoms with E-state index in [9.17, 15) is 9.59 Å². The van der Waals surface area contributed by atoms with Crippen LogP contribution < -0.4 is 0 Å². The maximum absolute atomic E-state index is 12.4. The van der Waals surface area contributed by atoms with Crippen molar-refractivity contribution in [1.82, 2.24) is 4.90 Å². The van der Waals surface area contributed by atoms with Gasteiger partial charge in [-0.3, -0.25) is 4.79 Å². The van der Waals surface area contributed by atoms with E-state index in [0.29, 0.717) is 12.3 Å². The molecule has 4 heteroatoms. The zero-order valence-corrected chi connectivity index (χ0v) is 17.3. The highest BCUT2D eigenvalue weighted by molar-refractivity contribution is 5.84. The third-order valence-corrected chi connectivity index (χ3v) is 6.33. The van der Waals surface area contributed by atoms with Crippen molar-refractivity contribution in [2.45, 2.75) is 90.0 Å². The molecule has 2 aliphatic rings.